The second-order valence-electron chi connectivity index (χ2n) is 9.04. The normalized spacial score (nSPS) is 14.8. The summed E-state index contributed by atoms with van der Waals surface area (Å²) >= 11 is 0. The van der Waals surface area contributed by atoms with Crippen molar-refractivity contribution >= 4 is 29.7 Å². The fourth-order valence-corrected chi connectivity index (χ4v) is 4.07. The van der Waals surface area contributed by atoms with Crippen LogP contribution in [0.15, 0.2) is 53.3 Å². The maximum absolute atomic E-state index is 15.0. The highest BCUT2D eigenvalue weighted by atomic mass is 19.1. The zero-order chi connectivity index (χ0) is 28.8. The van der Waals surface area contributed by atoms with E-state index in [0.29, 0.717) is 22.5 Å². The lowest BCUT2D eigenvalue weighted by atomic mass is 10.0. The number of hydrogen-bond donors (Lipinski definition) is 3. The lowest BCUT2D eigenvalue weighted by Gasteiger charge is -2.15. The van der Waals surface area contributed by atoms with Crippen LogP contribution in [0.1, 0.15) is 23.7 Å². The number of methoxy groups -OCH3 is 1. The van der Waals surface area contributed by atoms with E-state index >= 15 is 4.39 Å². The monoisotopic (exact) mass is 549 g/mol. The van der Waals surface area contributed by atoms with Crippen LogP contribution in [0.25, 0.3) is 17.2 Å². The molecule has 1 aliphatic rings. The lowest BCUT2D eigenvalue weighted by molar-refractivity contribution is -0.119. The molecule has 40 heavy (non-hydrogen) atoms. The molecule has 2 heterocycles. The first-order chi connectivity index (χ1) is 19.1. The summed E-state index contributed by atoms with van der Waals surface area (Å²) in [5, 5.41) is 5.33. The molecular weight excluding hydrogens is 521 g/mol. The number of halogens is 1. The number of nitrogens with one attached hydrogen (secondary N) is 3. The third-order valence-electron chi connectivity index (χ3n) is 6.17. The number of carbonyl (C=O) groups is 3. The molecule has 1 aromatic heterocycles. The van der Waals surface area contributed by atoms with Crippen molar-refractivity contribution in [3.63, 3.8) is 0 Å². The molecule has 1 saturated heterocycles. The second-order valence-corrected chi connectivity index (χ2v) is 9.04. The van der Waals surface area contributed by atoms with E-state index in [0.717, 1.165) is 5.56 Å². The topological polar surface area (TPSA) is 143 Å². The molecule has 1 aliphatic heterocycles. The summed E-state index contributed by atoms with van der Waals surface area (Å²) in [6, 6.07) is 11.6. The Hall–Kier alpha value is -5.00. The van der Waals surface area contributed by atoms with E-state index in [1.165, 1.54) is 37.2 Å². The number of aryl methyl sites for hydroxylation is 1. The van der Waals surface area contributed by atoms with Gasteiger partial charge >= 0.3 is 6.09 Å². The number of cyclic esters (lactones) is 1. The molecule has 0 aliphatic carbocycles. The Morgan fingerprint density at radius 3 is 2.60 bits per heavy atom. The first-order valence-electron chi connectivity index (χ1n) is 12.4. The minimum atomic E-state index is -0.605. The zero-order valence-corrected chi connectivity index (χ0v) is 22.1. The molecule has 12 heteroatoms. The summed E-state index contributed by atoms with van der Waals surface area (Å²) in [6.07, 6.45) is 1.51. The van der Waals surface area contributed by atoms with Gasteiger partial charge in [0.05, 0.1) is 37.1 Å². The van der Waals surface area contributed by atoms with Crippen LogP contribution in [0.2, 0.25) is 0 Å². The van der Waals surface area contributed by atoms with Crippen molar-refractivity contribution in [2.24, 2.45) is 0 Å². The zero-order valence-electron chi connectivity index (χ0n) is 22.1. The average molecular weight is 550 g/mol. The van der Waals surface area contributed by atoms with Crippen LogP contribution in [-0.4, -0.2) is 54.2 Å². The molecule has 208 valence electrons. The Balaban J connectivity index is 1.35. The van der Waals surface area contributed by atoms with Gasteiger partial charge in [-0.2, -0.15) is 0 Å². The maximum Gasteiger partial charge on any atom is 0.414 e. The van der Waals surface area contributed by atoms with E-state index in [1.807, 2.05) is 0 Å². The van der Waals surface area contributed by atoms with Crippen molar-refractivity contribution in [2.75, 3.05) is 25.1 Å². The third kappa shape index (κ3) is 6.70. The Morgan fingerprint density at radius 2 is 1.95 bits per heavy atom. The van der Waals surface area contributed by atoms with Gasteiger partial charge in [0, 0.05) is 25.1 Å². The summed E-state index contributed by atoms with van der Waals surface area (Å²) in [4.78, 5) is 55.6. The Labute approximate surface area is 229 Å². The average Bonchev–Trinajstić information content (AvgIpc) is 3.30. The number of H-pyrrole nitrogens is 1. The molecule has 0 saturated carbocycles. The van der Waals surface area contributed by atoms with Crippen molar-refractivity contribution in [2.45, 2.75) is 26.5 Å². The molecule has 1 fully saturated rings. The van der Waals surface area contributed by atoms with Gasteiger partial charge in [0.25, 0.3) is 11.6 Å². The van der Waals surface area contributed by atoms with E-state index in [1.54, 1.807) is 43.3 Å². The van der Waals surface area contributed by atoms with Gasteiger partial charge in [-0.15, -0.1) is 0 Å². The second kappa shape index (κ2) is 12.2. The van der Waals surface area contributed by atoms with E-state index in [9.17, 15) is 19.2 Å². The molecule has 1 unspecified atom stereocenters. The van der Waals surface area contributed by atoms with Gasteiger partial charge in [-0.3, -0.25) is 24.3 Å². The lowest BCUT2D eigenvalue weighted by Crippen LogP contribution is -2.33. The highest BCUT2D eigenvalue weighted by Gasteiger charge is 2.32. The molecule has 0 bridgehead atoms. The van der Waals surface area contributed by atoms with E-state index < -0.39 is 29.5 Å². The number of aromatic nitrogens is 2. The van der Waals surface area contributed by atoms with Gasteiger partial charge in [0.15, 0.2) is 0 Å². The molecule has 0 radical (unpaired) electrons. The first-order valence-corrected chi connectivity index (χ1v) is 12.4. The molecule has 0 spiro atoms. The number of aromatic amines is 1. The van der Waals surface area contributed by atoms with Gasteiger partial charge in [-0.25, -0.2) is 14.2 Å². The Morgan fingerprint density at radius 1 is 1.20 bits per heavy atom. The summed E-state index contributed by atoms with van der Waals surface area (Å²) in [5.41, 5.74) is 2.36. The number of benzene rings is 2. The molecule has 2 aromatic carbocycles. The Bertz CT molecular complexity index is 1520. The minimum Gasteiger partial charge on any atom is -0.468 e. The molecule has 3 amide bonds. The number of rotatable bonds is 9. The molecular formula is C28H28FN5O6. The Kier molecular flexibility index (Phi) is 8.57. The van der Waals surface area contributed by atoms with E-state index in [4.69, 9.17) is 9.47 Å². The SMILES string of the molecule is COc1nc(C)c(/C=C/C(=O)NCc2ccc(-c3ccc(N4CC(CNC(C)=O)OC4=O)cc3F)cc2)c(=O)[nH]1. The summed E-state index contributed by atoms with van der Waals surface area (Å²) in [6.45, 7) is 3.61. The van der Waals surface area contributed by atoms with Crippen LogP contribution in [0, 0.1) is 12.7 Å². The fourth-order valence-electron chi connectivity index (χ4n) is 4.07. The summed E-state index contributed by atoms with van der Waals surface area (Å²) in [7, 11) is 1.39. The van der Waals surface area contributed by atoms with E-state index in [-0.39, 0.29) is 37.1 Å². The minimum absolute atomic E-state index is 0.0908. The molecule has 3 N–H and O–H groups in total. The van der Waals surface area contributed by atoms with Crippen LogP contribution in [0.4, 0.5) is 14.9 Å². The smallest absolute Gasteiger partial charge is 0.414 e. The van der Waals surface area contributed by atoms with Gasteiger partial charge in [0.2, 0.25) is 11.8 Å². The van der Waals surface area contributed by atoms with Crippen LogP contribution in [0.5, 0.6) is 6.01 Å². The van der Waals surface area contributed by atoms with Crippen LogP contribution < -0.4 is 25.8 Å². The predicted octanol–water partition coefficient (Wildman–Crippen LogP) is 2.68. The molecule has 11 nitrogen and oxygen atoms in total. The van der Waals surface area contributed by atoms with Gasteiger partial charge < -0.3 is 20.1 Å². The highest BCUT2D eigenvalue weighted by Crippen LogP contribution is 2.29. The standard InChI is InChI=1S/C28H28FN5O6/c1-16-22(26(37)33-27(32-16)39-3)10-11-25(36)31-13-18-4-6-19(7-5-18)23-9-8-20(12-24(23)29)34-15-21(40-28(34)38)14-30-17(2)35/h4-12,21H,13-15H2,1-3H3,(H,30,35)(H,31,36)(H,32,33,37)/b11-10+. The maximum atomic E-state index is 15.0. The number of anilines is 1. The molecule has 1 atom stereocenters. The van der Waals surface area contributed by atoms with Crippen molar-refractivity contribution in [1.29, 1.82) is 0 Å². The van der Waals surface area contributed by atoms with Crippen LogP contribution in [-0.2, 0) is 20.9 Å². The fraction of sp³-hybridized carbons (Fsp3) is 0.250. The first kappa shape index (κ1) is 28.0. The van der Waals surface area contributed by atoms with Crippen molar-refractivity contribution < 1.29 is 28.2 Å². The largest absolute Gasteiger partial charge is 0.468 e. The van der Waals surface area contributed by atoms with Crippen LogP contribution >= 0.6 is 0 Å². The quantitative estimate of drug-likeness (QED) is 0.348. The number of carbonyl (C=O) groups excluding carboxylic acids is 3. The number of amides is 3. The number of nitrogens with zero attached hydrogens (tertiary/aromatic N) is 2. The van der Waals surface area contributed by atoms with Gasteiger partial charge in [0.1, 0.15) is 11.9 Å². The molecule has 4 rings (SSSR count). The number of ether oxygens (including phenoxy) is 2. The van der Waals surface area contributed by atoms with Crippen molar-refractivity contribution in [1.82, 2.24) is 20.6 Å². The van der Waals surface area contributed by atoms with Gasteiger partial charge in [-0.05, 0) is 42.3 Å². The highest BCUT2D eigenvalue weighted by molar-refractivity contribution is 5.92. The van der Waals surface area contributed by atoms with Gasteiger partial charge in [-0.1, -0.05) is 24.3 Å². The third-order valence-corrected chi connectivity index (χ3v) is 6.17. The predicted molar refractivity (Wildman–Crippen MR) is 145 cm³/mol. The summed E-state index contributed by atoms with van der Waals surface area (Å²) in [5.74, 6) is -1.15. The number of hydrogen-bond acceptors (Lipinski definition) is 7. The summed E-state index contributed by atoms with van der Waals surface area (Å²) < 4.78 is 25.2. The van der Waals surface area contributed by atoms with E-state index in [2.05, 4.69) is 20.6 Å². The molecule has 3 aromatic rings. The van der Waals surface area contributed by atoms with Crippen LogP contribution in [0.3, 0.4) is 0 Å². The van der Waals surface area contributed by atoms with Crippen molar-refractivity contribution in [3.05, 3.63) is 81.5 Å². The van der Waals surface area contributed by atoms with Crippen molar-refractivity contribution in [3.8, 4) is 17.1 Å².